The third kappa shape index (κ3) is 8.23. The fourth-order valence-corrected chi connectivity index (χ4v) is 3.27. The molecular formula is C18H32O3. The maximum absolute atomic E-state index is 11.8. The van der Waals surface area contributed by atoms with E-state index in [0.29, 0.717) is 19.4 Å². The molecule has 3 heteroatoms. The minimum Gasteiger partial charge on any atom is -0.466 e. The minimum absolute atomic E-state index is 0.219. The van der Waals surface area contributed by atoms with Crippen LogP contribution in [0.2, 0.25) is 0 Å². The Hall–Kier alpha value is -0.860. The zero-order valence-corrected chi connectivity index (χ0v) is 13.9. The molecule has 0 bridgehead atoms. The van der Waals surface area contributed by atoms with Gasteiger partial charge >= 0.3 is 5.97 Å². The van der Waals surface area contributed by atoms with Gasteiger partial charge in [-0.25, -0.2) is 0 Å². The number of rotatable bonds is 10. The molecule has 0 heterocycles. The average molecular weight is 296 g/mol. The van der Waals surface area contributed by atoms with E-state index >= 15 is 0 Å². The van der Waals surface area contributed by atoms with Crippen LogP contribution in [0.5, 0.6) is 0 Å². The van der Waals surface area contributed by atoms with Gasteiger partial charge in [0.2, 0.25) is 0 Å². The largest absolute Gasteiger partial charge is 0.466 e. The summed E-state index contributed by atoms with van der Waals surface area (Å²) >= 11 is 0. The van der Waals surface area contributed by atoms with Crippen LogP contribution in [-0.2, 0) is 14.3 Å². The van der Waals surface area contributed by atoms with Gasteiger partial charge in [-0.1, -0.05) is 51.9 Å². The molecule has 122 valence electrons. The van der Waals surface area contributed by atoms with Crippen molar-refractivity contribution in [2.24, 2.45) is 11.8 Å². The van der Waals surface area contributed by atoms with Crippen molar-refractivity contribution in [1.82, 2.24) is 0 Å². The Bertz CT molecular complexity index is 304. The first-order valence-electron chi connectivity index (χ1n) is 8.83. The summed E-state index contributed by atoms with van der Waals surface area (Å²) in [5.74, 6) is 1.63. The third-order valence-corrected chi connectivity index (χ3v) is 4.68. The highest BCUT2D eigenvalue weighted by Crippen LogP contribution is 2.34. The van der Waals surface area contributed by atoms with Crippen molar-refractivity contribution >= 4 is 11.8 Å². The highest BCUT2D eigenvalue weighted by atomic mass is 16.5. The molecule has 1 aliphatic rings. The lowest BCUT2D eigenvalue weighted by atomic mass is 9.78. The maximum Gasteiger partial charge on any atom is 0.306 e. The zero-order valence-electron chi connectivity index (χ0n) is 13.9. The summed E-state index contributed by atoms with van der Waals surface area (Å²) in [5, 5.41) is 0. The van der Waals surface area contributed by atoms with Crippen LogP contribution in [0, 0.1) is 11.8 Å². The van der Waals surface area contributed by atoms with Gasteiger partial charge in [0.25, 0.3) is 0 Å². The van der Waals surface area contributed by atoms with Crippen molar-refractivity contribution in [3.63, 3.8) is 0 Å². The number of carbonyl (C=O) groups excluding carboxylic acids is 2. The molecule has 0 saturated heterocycles. The quantitative estimate of drug-likeness (QED) is 0.550. The first kappa shape index (κ1) is 18.2. The van der Waals surface area contributed by atoms with Crippen LogP contribution in [0.25, 0.3) is 0 Å². The Morgan fingerprint density at radius 2 is 1.52 bits per heavy atom. The van der Waals surface area contributed by atoms with Gasteiger partial charge in [0.15, 0.2) is 0 Å². The molecule has 0 atom stereocenters. The molecule has 0 radical (unpaired) electrons. The Kier molecular flexibility index (Phi) is 9.36. The van der Waals surface area contributed by atoms with Crippen LogP contribution < -0.4 is 0 Å². The van der Waals surface area contributed by atoms with Crippen molar-refractivity contribution in [3.05, 3.63) is 0 Å². The Morgan fingerprint density at radius 3 is 2.10 bits per heavy atom. The van der Waals surface area contributed by atoms with Gasteiger partial charge < -0.3 is 4.74 Å². The number of ether oxygens (including phenoxy) is 1. The van der Waals surface area contributed by atoms with Crippen LogP contribution in [-0.4, -0.2) is 18.4 Å². The smallest absolute Gasteiger partial charge is 0.306 e. The number of esters is 1. The van der Waals surface area contributed by atoms with E-state index in [4.69, 9.17) is 4.74 Å². The standard InChI is InChI=1S/C18H32O3/c1-3-5-6-15-7-9-16(10-8-15)11-12-17(19)13-14-18(20)21-4-2/h15-16H,3-14H2,1-2H3/t15-,16-. The van der Waals surface area contributed by atoms with E-state index in [9.17, 15) is 9.59 Å². The molecule has 1 saturated carbocycles. The first-order valence-corrected chi connectivity index (χ1v) is 8.83. The molecule has 0 aromatic carbocycles. The number of Topliss-reactive ketones (excluding diaryl/α,β-unsaturated/α-hetero) is 1. The van der Waals surface area contributed by atoms with E-state index < -0.39 is 0 Å². The topological polar surface area (TPSA) is 43.4 Å². The molecule has 1 fully saturated rings. The molecule has 0 aromatic heterocycles. The van der Waals surface area contributed by atoms with Gasteiger partial charge in [0.1, 0.15) is 5.78 Å². The van der Waals surface area contributed by atoms with Gasteiger partial charge in [-0.3, -0.25) is 9.59 Å². The number of ketones is 1. The van der Waals surface area contributed by atoms with Crippen LogP contribution >= 0.6 is 0 Å². The Labute approximate surface area is 129 Å². The molecule has 0 aromatic rings. The second kappa shape index (κ2) is 10.8. The first-order chi connectivity index (χ1) is 10.2. The third-order valence-electron chi connectivity index (χ3n) is 4.68. The number of hydrogen-bond donors (Lipinski definition) is 0. The van der Waals surface area contributed by atoms with Gasteiger partial charge in [0, 0.05) is 12.8 Å². The normalized spacial score (nSPS) is 22.0. The minimum atomic E-state index is -0.248. The van der Waals surface area contributed by atoms with Crippen molar-refractivity contribution in [2.45, 2.75) is 84.5 Å². The number of hydrogen-bond acceptors (Lipinski definition) is 3. The fraction of sp³-hybridized carbons (Fsp3) is 0.889. The van der Waals surface area contributed by atoms with Crippen LogP contribution in [0.3, 0.4) is 0 Å². The SMILES string of the molecule is CCCC[C@H]1CC[C@H](CCC(=O)CCC(=O)OCC)CC1. The Morgan fingerprint density at radius 1 is 0.905 bits per heavy atom. The fourth-order valence-electron chi connectivity index (χ4n) is 3.27. The van der Waals surface area contributed by atoms with Crippen LogP contribution in [0.4, 0.5) is 0 Å². The number of unbranched alkanes of at least 4 members (excludes halogenated alkanes) is 1. The van der Waals surface area contributed by atoms with E-state index in [1.807, 2.05) is 0 Å². The van der Waals surface area contributed by atoms with Crippen molar-refractivity contribution < 1.29 is 14.3 Å². The van der Waals surface area contributed by atoms with Crippen molar-refractivity contribution in [3.8, 4) is 0 Å². The summed E-state index contributed by atoms with van der Waals surface area (Å²) in [6.07, 6.45) is 11.6. The lowest BCUT2D eigenvalue weighted by Crippen LogP contribution is -2.16. The maximum atomic E-state index is 11.8. The van der Waals surface area contributed by atoms with E-state index in [-0.39, 0.29) is 18.2 Å². The van der Waals surface area contributed by atoms with Crippen LogP contribution in [0.15, 0.2) is 0 Å². The summed E-state index contributed by atoms with van der Waals surface area (Å²) in [5.41, 5.74) is 0. The van der Waals surface area contributed by atoms with Crippen molar-refractivity contribution in [2.75, 3.05) is 6.61 Å². The zero-order chi connectivity index (χ0) is 15.5. The molecule has 0 N–H and O–H groups in total. The van der Waals surface area contributed by atoms with Gasteiger partial charge in [-0.15, -0.1) is 0 Å². The summed E-state index contributed by atoms with van der Waals surface area (Å²) in [6, 6.07) is 0. The summed E-state index contributed by atoms with van der Waals surface area (Å²) in [7, 11) is 0. The van der Waals surface area contributed by atoms with E-state index in [1.54, 1.807) is 6.92 Å². The van der Waals surface area contributed by atoms with Gasteiger partial charge in [0.05, 0.1) is 13.0 Å². The molecule has 21 heavy (non-hydrogen) atoms. The molecule has 1 aliphatic carbocycles. The molecule has 3 nitrogen and oxygen atoms in total. The highest BCUT2D eigenvalue weighted by Gasteiger charge is 2.21. The van der Waals surface area contributed by atoms with Gasteiger partial charge in [-0.05, 0) is 25.2 Å². The van der Waals surface area contributed by atoms with Crippen molar-refractivity contribution in [1.29, 1.82) is 0 Å². The predicted molar refractivity (Wildman–Crippen MR) is 85.1 cm³/mol. The second-order valence-electron chi connectivity index (χ2n) is 6.41. The predicted octanol–water partition coefficient (Wildman–Crippen LogP) is 4.68. The number of carbonyl (C=O) groups is 2. The molecule has 0 unspecified atom stereocenters. The Balaban J connectivity index is 2.07. The molecule has 0 spiro atoms. The van der Waals surface area contributed by atoms with E-state index in [2.05, 4.69) is 6.92 Å². The monoisotopic (exact) mass is 296 g/mol. The second-order valence-corrected chi connectivity index (χ2v) is 6.41. The molecule has 0 aliphatic heterocycles. The lowest BCUT2D eigenvalue weighted by Gasteiger charge is -2.28. The molecule has 0 amide bonds. The molecular weight excluding hydrogens is 264 g/mol. The summed E-state index contributed by atoms with van der Waals surface area (Å²) < 4.78 is 4.84. The lowest BCUT2D eigenvalue weighted by molar-refractivity contribution is -0.144. The summed E-state index contributed by atoms with van der Waals surface area (Å²) in [4.78, 5) is 23.0. The highest BCUT2D eigenvalue weighted by molar-refractivity contribution is 5.82. The van der Waals surface area contributed by atoms with Gasteiger partial charge in [-0.2, -0.15) is 0 Å². The van der Waals surface area contributed by atoms with E-state index in [1.165, 1.54) is 44.9 Å². The van der Waals surface area contributed by atoms with E-state index in [0.717, 1.165) is 18.3 Å². The summed E-state index contributed by atoms with van der Waals surface area (Å²) in [6.45, 7) is 4.44. The average Bonchev–Trinajstić information content (AvgIpc) is 2.50. The van der Waals surface area contributed by atoms with Crippen LogP contribution in [0.1, 0.15) is 84.5 Å². The molecule has 1 rings (SSSR count).